The summed E-state index contributed by atoms with van der Waals surface area (Å²) in [5.74, 6) is 0.392. The van der Waals surface area contributed by atoms with Crippen LogP contribution in [0.4, 0.5) is 0 Å². The zero-order valence-electron chi connectivity index (χ0n) is 9.89. The van der Waals surface area contributed by atoms with Crippen molar-refractivity contribution in [2.45, 2.75) is 24.9 Å². The van der Waals surface area contributed by atoms with Crippen LogP contribution in [0, 0.1) is 12.8 Å². The van der Waals surface area contributed by atoms with Crippen LogP contribution in [0.1, 0.15) is 18.5 Å². The maximum atomic E-state index is 12.1. The van der Waals surface area contributed by atoms with Gasteiger partial charge in [0.25, 0.3) is 0 Å². The molecular formula is C11H17N3O2S. The highest BCUT2D eigenvalue weighted by atomic mass is 32.2. The first-order chi connectivity index (χ1) is 8.08. The molecule has 1 aromatic rings. The average Bonchev–Trinajstić information content (AvgIpc) is 2.30. The molecule has 0 aliphatic carbocycles. The molecule has 6 heteroatoms. The number of rotatable bonds is 3. The van der Waals surface area contributed by atoms with E-state index in [1.807, 2.05) is 0 Å². The van der Waals surface area contributed by atoms with Gasteiger partial charge in [0.15, 0.2) is 0 Å². The van der Waals surface area contributed by atoms with Gasteiger partial charge in [-0.2, -0.15) is 0 Å². The first kappa shape index (κ1) is 12.4. The number of aromatic nitrogens is 2. The van der Waals surface area contributed by atoms with Crippen LogP contribution in [0.25, 0.3) is 0 Å². The van der Waals surface area contributed by atoms with E-state index in [4.69, 9.17) is 0 Å². The van der Waals surface area contributed by atoms with E-state index in [1.165, 1.54) is 6.20 Å². The van der Waals surface area contributed by atoms with Crippen molar-refractivity contribution in [1.29, 1.82) is 0 Å². The molecule has 17 heavy (non-hydrogen) atoms. The first-order valence-corrected chi connectivity index (χ1v) is 7.46. The minimum absolute atomic E-state index is 0.0315. The van der Waals surface area contributed by atoms with Gasteiger partial charge in [-0.05, 0) is 44.8 Å². The number of piperidine rings is 1. The van der Waals surface area contributed by atoms with Gasteiger partial charge in [-0.3, -0.25) is 0 Å². The maximum Gasteiger partial charge on any atom is 0.247 e. The summed E-state index contributed by atoms with van der Waals surface area (Å²) in [5.41, 5.74) is 0.684. The molecule has 94 valence electrons. The lowest BCUT2D eigenvalue weighted by atomic mass is 10.0. The standard InChI is InChI=1S/C11H17N3O2S/c1-9-2-7-13-11(14-9)17(15,16)8-10-3-5-12-6-4-10/h2,7,10,12H,3-6,8H2,1H3. The second-order valence-electron chi connectivity index (χ2n) is 4.46. The summed E-state index contributed by atoms with van der Waals surface area (Å²) in [5, 5.41) is 3.19. The average molecular weight is 255 g/mol. The Bertz CT molecular complexity index is 481. The van der Waals surface area contributed by atoms with Crippen molar-refractivity contribution in [1.82, 2.24) is 15.3 Å². The summed E-state index contributed by atoms with van der Waals surface area (Å²) in [6.07, 6.45) is 3.31. The highest BCUT2D eigenvalue weighted by Gasteiger charge is 2.24. The van der Waals surface area contributed by atoms with E-state index in [0.29, 0.717) is 5.69 Å². The molecule has 0 unspecified atom stereocenters. The third-order valence-corrected chi connectivity index (χ3v) is 4.63. The van der Waals surface area contributed by atoms with Crippen molar-refractivity contribution in [3.8, 4) is 0 Å². The van der Waals surface area contributed by atoms with Gasteiger partial charge in [0.05, 0.1) is 5.75 Å². The third kappa shape index (κ3) is 3.23. The first-order valence-electron chi connectivity index (χ1n) is 5.81. The molecule has 1 fully saturated rings. The molecule has 1 aliphatic heterocycles. The molecule has 0 saturated carbocycles. The van der Waals surface area contributed by atoms with Gasteiger partial charge in [0.1, 0.15) is 0 Å². The molecule has 0 atom stereocenters. The fraction of sp³-hybridized carbons (Fsp3) is 0.636. The molecule has 0 spiro atoms. The van der Waals surface area contributed by atoms with Crippen LogP contribution in [-0.4, -0.2) is 37.2 Å². The van der Waals surface area contributed by atoms with E-state index in [-0.39, 0.29) is 16.8 Å². The fourth-order valence-electron chi connectivity index (χ4n) is 2.01. The largest absolute Gasteiger partial charge is 0.317 e. The van der Waals surface area contributed by atoms with Crippen molar-refractivity contribution in [2.75, 3.05) is 18.8 Å². The van der Waals surface area contributed by atoms with Crippen molar-refractivity contribution in [2.24, 2.45) is 5.92 Å². The van der Waals surface area contributed by atoms with Gasteiger partial charge in [0.2, 0.25) is 15.0 Å². The monoisotopic (exact) mass is 255 g/mol. The van der Waals surface area contributed by atoms with Crippen LogP contribution < -0.4 is 5.32 Å². The predicted octanol–water partition coefficient (Wildman–Crippen LogP) is 0.558. The van der Waals surface area contributed by atoms with Gasteiger partial charge >= 0.3 is 0 Å². The van der Waals surface area contributed by atoms with Gasteiger partial charge in [-0.1, -0.05) is 0 Å². The Morgan fingerprint density at radius 3 is 2.76 bits per heavy atom. The van der Waals surface area contributed by atoms with Gasteiger partial charge in [-0.15, -0.1) is 0 Å². The lowest BCUT2D eigenvalue weighted by Gasteiger charge is -2.21. The molecule has 1 saturated heterocycles. The SMILES string of the molecule is Cc1ccnc(S(=O)(=O)CC2CCNCC2)n1. The Kier molecular flexibility index (Phi) is 3.73. The number of hydrogen-bond donors (Lipinski definition) is 1. The Hall–Kier alpha value is -1.01. The van der Waals surface area contributed by atoms with E-state index in [0.717, 1.165) is 25.9 Å². The van der Waals surface area contributed by atoms with Crippen molar-refractivity contribution >= 4 is 9.84 Å². The predicted molar refractivity (Wildman–Crippen MR) is 64.4 cm³/mol. The number of nitrogens with one attached hydrogen (secondary N) is 1. The number of aryl methyl sites for hydroxylation is 1. The summed E-state index contributed by atoms with van der Waals surface area (Å²) >= 11 is 0. The topological polar surface area (TPSA) is 72.0 Å². The van der Waals surface area contributed by atoms with Crippen LogP contribution in [0.2, 0.25) is 0 Å². The molecule has 2 rings (SSSR count). The van der Waals surface area contributed by atoms with E-state index in [1.54, 1.807) is 13.0 Å². The number of sulfone groups is 1. The smallest absolute Gasteiger partial charge is 0.247 e. The Balaban J connectivity index is 2.13. The number of hydrogen-bond acceptors (Lipinski definition) is 5. The molecular weight excluding hydrogens is 238 g/mol. The third-order valence-electron chi connectivity index (χ3n) is 2.96. The van der Waals surface area contributed by atoms with Crippen LogP contribution in [0.3, 0.4) is 0 Å². The molecule has 1 aliphatic rings. The van der Waals surface area contributed by atoms with E-state index >= 15 is 0 Å². The lowest BCUT2D eigenvalue weighted by molar-refractivity contribution is 0.400. The van der Waals surface area contributed by atoms with Gasteiger partial charge in [-0.25, -0.2) is 18.4 Å². The normalized spacial score (nSPS) is 18.2. The van der Waals surface area contributed by atoms with E-state index < -0.39 is 9.84 Å². The van der Waals surface area contributed by atoms with Crippen molar-refractivity contribution < 1.29 is 8.42 Å². The van der Waals surface area contributed by atoms with Crippen LogP contribution >= 0.6 is 0 Å². The second-order valence-corrected chi connectivity index (χ2v) is 6.38. The molecule has 1 aromatic heterocycles. The molecule has 0 bridgehead atoms. The van der Waals surface area contributed by atoms with Crippen LogP contribution in [0.15, 0.2) is 17.4 Å². The fourth-order valence-corrected chi connectivity index (χ4v) is 3.62. The minimum Gasteiger partial charge on any atom is -0.317 e. The molecule has 0 amide bonds. The second kappa shape index (κ2) is 5.10. The lowest BCUT2D eigenvalue weighted by Crippen LogP contribution is -2.31. The maximum absolute atomic E-state index is 12.1. The molecule has 0 aromatic carbocycles. The van der Waals surface area contributed by atoms with Crippen molar-refractivity contribution in [3.63, 3.8) is 0 Å². The van der Waals surface area contributed by atoms with E-state index in [9.17, 15) is 8.42 Å². The molecule has 2 heterocycles. The summed E-state index contributed by atoms with van der Waals surface area (Å²) in [6, 6.07) is 1.70. The van der Waals surface area contributed by atoms with Gasteiger partial charge in [0, 0.05) is 11.9 Å². The van der Waals surface area contributed by atoms with Crippen LogP contribution in [0.5, 0.6) is 0 Å². The highest BCUT2D eigenvalue weighted by Crippen LogP contribution is 2.17. The highest BCUT2D eigenvalue weighted by molar-refractivity contribution is 7.91. The summed E-state index contributed by atoms with van der Waals surface area (Å²) in [6.45, 7) is 3.56. The van der Waals surface area contributed by atoms with Crippen LogP contribution in [-0.2, 0) is 9.84 Å². The van der Waals surface area contributed by atoms with Gasteiger partial charge < -0.3 is 5.32 Å². The molecule has 5 nitrogen and oxygen atoms in total. The molecule has 1 N–H and O–H groups in total. The zero-order chi connectivity index (χ0) is 12.3. The summed E-state index contributed by atoms with van der Waals surface area (Å²) in [7, 11) is -3.33. The zero-order valence-corrected chi connectivity index (χ0v) is 10.7. The summed E-state index contributed by atoms with van der Waals surface area (Å²) < 4.78 is 24.2. The minimum atomic E-state index is -3.33. The Labute approximate surface area is 102 Å². The van der Waals surface area contributed by atoms with E-state index in [2.05, 4.69) is 15.3 Å². The Morgan fingerprint density at radius 1 is 1.41 bits per heavy atom. The quantitative estimate of drug-likeness (QED) is 0.799. The summed E-state index contributed by atoms with van der Waals surface area (Å²) in [4.78, 5) is 7.86. The molecule has 0 radical (unpaired) electrons. The van der Waals surface area contributed by atoms with Crippen molar-refractivity contribution in [3.05, 3.63) is 18.0 Å². The Morgan fingerprint density at radius 2 is 2.12 bits per heavy atom. The number of nitrogens with zero attached hydrogens (tertiary/aromatic N) is 2.